The first-order valence-corrected chi connectivity index (χ1v) is 7.26. The molecule has 1 aliphatic heterocycles. The standard InChI is InChI=1S/C16H18N4O2/c1-22-15-13(4-2-8-18-15)19-16(21)20-11-3-5-14(20)12-6-9-17-10-7-12/h2,4,6-10,14H,3,5,11H2,1H3,(H,19,21)/t14-/m0/s1. The number of urea groups is 1. The molecule has 0 radical (unpaired) electrons. The van der Waals surface area contributed by atoms with E-state index in [0.717, 1.165) is 24.9 Å². The van der Waals surface area contributed by atoms with Gasteiger partial charge in [0.2, 0.25) is 5.88 Å². The number of ether oxygens (including phenoxy) is 1. The van der Waals surface area contributed by atoms with Gasteiger partial charge in [-0.15, -0.1) is 0 Å². The maximum absolute atomic E-state index is 12.6. The zero-order chi connectivity index (χ0) is 15.4. The first kappa shape index (κ1) is 14.3. The van der Waals surface area contributed by atoms with Crippen molar-refractivity contribution in [2.75, 3.05) is 19.0 Å². The van der Waals surface area contributed by atoms with Gasteiger partial charge in [0, 0.05) is 25.1 Å². The number of rotatable bonds is 3. The van der Waals surface area contributed by atoms with Crippen LogP contribution >= 0.6 is 0 Å². The largest absolute Gasteiger partial charge is 0.480 e. The predicted molar refractivity (Wildman–Crippen MR) is 82.7 cm³/mol. The van der Waals surface area contributed by atoms with Crippen LogP contribution in [-0.2, 0) is 0 Å². The van der Waals surface area contributed by atoms with E-state index in [4.69, 9.17) is 4.74 Å². The van der Waals surface area contributed by atoms with Crippen molar-refractivity contribution in [1.29, 1.82) is 0 Å². The maximum atomic E-state index is 12.6. The third-order valence-corrected chi connectivity index (χ3v) is 3.81. The molecule has 0 aliphatic carbocycles. The molecule has 3 rings (SSSR count). The van der Waals surface area contributed by atoms with Gasteiger partial charge in [0.15, 0.2) is 0 Å². The van der Waals surface area contributed by atoms with Crippen LogP contribution in [0.15, 0.2) is 42.9 Å². The molecule has 2 amide bonds. The number of nitrogens with zero attached hydrogens (tertiary/aromatic N) is 3. The Bertz CT molecular complexity index is 648. The van der Waals surface area contributed by atoms with Crippen molar-refractivity contribution in [2.45, 2.75) is 18.9 Å². The lowest BCUT2D eigenvalue weighted by Crippen LogP contribution is -2.34. The highest BCUT2D eigenvalue weighted by molar-refractivity contribution is 5.91. The van der Waals surface area contributed by atoms with Crippen molar-refractivity contribution in [3.63, 3.8) is 0 Å². The summed E-state index contributed by atoms with van der Waals surface area (Å²) in [5.74, 6) is 0.413. The second kappa shape index (κ2) is 6.43. The molecule has 3 heterocycles. The van der Waals surface area contributed by atoms with Gasteiger partial charge in [-0.25, -0.2) is 9.78 Å². The molecule has 0 unspecified atom stereocenters. The van der Waals surface area contributed by atoms with E-state index in [-0.39, 0.29) is 12.1 Å². The predicted octanol–water partition coefficient (Wildman–Crippen LogP) is 2.85. The van der Waals surface area contributed by atoms with Crippen LogP contribution in [0.2, 0.25) is 0 Å². The molecule has 0 saturated carbocycles. The zero-order valence-electron chi connectivity index (χ0n) is 12.4. The van der Waals surface area contributed by atoms with Crippen molar-refractivity contribution in [3.8, 4) is 5.88 Å². The summed E-state index contributed by atoms with van der Waals surface area (Å²) in [5, 5.41) is 2.89. The molecular weight excluding hydrogens is 280 g/mol. The van der Waals surface area contributed by atoms with E-state index in [1.54, 1.807) is 30.7 Å². The highest BCUT2D eigenvalue weighted by Crippen LogP contribution is 2.32. The number of likely N-dealkylation sites (tertiary alicyclic amines) is 1. The molecule has 22 heavy (non-hydrogen) atoms. The summed E-state index contributed by atoms with van der Waals surface area (Å²) in [6, 6.07) is 7.42. The minimum atomic E-state index is -0.134. The van der Waals surface area contributed by atoms with E-state index in [1.165, 1.54) is 7.11 Å². The molecule has 6 nitrogen and oxygen atoms in total. The topological polar surface area (TPSA) is 67.3 Å². The molecule has 1 aliphatic rings. The van der Waals surface area contributed by atoms with E-state index in [1.807, 2.05) is 17.0 Å². The molecular formula is C16H18N4O2. The first-order valence-electron chi connectivity index (χ1n) is 7.26. The Morgan fingerprint density at radius 2 is 2.14 bits per heavy atom. The lowest BCUT2D eigenvalue weighted by Gasteiger charge is -2.25. The summed E-state index contributed by atoms with van der Waals surface area (Å²) in [4.78, 5) is 22.6. The number of carbonyl (C=O) groups is 1. The van der Waals surface area contributed by atoms with Crippen molar-refractivity contribution in [1.82, 2.24) is 14.9 Å². The molecule has 1 N–H and O–H groups in total. The minimum Gasteiger partial charge on any atom is -0.480 e. The van der Waals surface area contributed by atoms with Crippen LogP contribution in [0, 0.1) is 0 Å². The molecule has 2 aromatic rings. The maximum Gasteiger partial charge on any atom is 0.322 e. The number of pyridine rings is 2. The monoisotopic (exact) mass is 298 g/mol. The summed E-state index contributed by atoms with van der Waals surface area (Å²) in [6.45, 7) is 0.738. The van der Waals surface area contributed by atoms with Gasteiger partial charge in [0.1, 0.15) is 5.69 Å². The van der Waals surface area contributed by atoms with E-state index in [0.29, 0.717) is 11.6 Å². The number of nitrogens with one attached hydrogen (secondary N) is 1. The van der Waals surface area contributed by atoms with Crippen molar-refractivity contribution in [2.24, 2.45) is 0 Å². The fourth-order valence-corrected chi connectivity index (χ4v) is 2.78. The third-order valence-electron chi connectivity index (χ3n) is 3.81. The van der Waals surface area contributed by atoms with Crippen LogP contribution in [0.3, 0.4) is 0 Å². The van der Waals surface area contributed by atoms with Gasteiger partial charge in [-0.1, -0.05) is 0 Å². The molecule has 2 aromatic heterocycles. The molecule has 1 fully saturated rings. The average molecular weight is 298 g/mol. The number of methoxy groups -OCH3 is 1. The van der Waals surface area contributed by atoms with E-state index < -0.39 is 0 Å². The number of hydrogen-bond acceptors (Lipinski definition) is 4. The summed E-state index contributed by atoms with van der Waals surface area (Å²) in [6.07, 6.45) is 7.10. The number of amides is 2. The normalized spacial score (nSPS) is 17.3. The fraction of sp³-hybridized carbons (Fsp3) is 0.312. The van der Waals surface area contributed by atoms with Crippen molar-refractivity contribution >= 4 is 11.7 Å². The molecule has 0 bridgehead atoms. The second-order valence-electron chi connectivity index (χ2n) is 5.12. The Morgan fingerprint density at radius 3 is 2.91 bits per heavy atom. The third kappa shape index (κ3) is 2.86. The Hall–Kier alpha value is -2.63. The quantitative estimate of drug-likeness (QED) is 0.946. The summed E-state index contributed by atoms with van der Waals surface area (Å²) < 4.78 is 5.17. The molecule has 0 aromatic carbocycles. The van der Waals surface area contributed by atoms with Gasteiger partial charge in [-0.3, -0.25) is 4.98 Å². The number of anilines is 1. The molecule has 114 valence electrons. The summed E-state index contributed by atoms with van der Waals surface area (Å²) in [5.41, 5.74) is 1.69. The van der Waals surface area contributed by atoms with Gasteiger partial charge in [-0.05, 0) is 42.7 Å². The molecule has 6 heteroatoms. The molecule has 1 atom stereocenters. The van der Waals surface area contributed by atoms with Gasteiger partial charge >= 0.3 is 6.03 Å². The second-order valence-corrected chi connectivity index (χ2v) is 5.12. The van der Waals surface area contributed by atoms with E-state index >= 15 is 0 Å². The number of hydrogen-bond donors (Lipinski definition) is 1. The van der Waals surface area contributed by atoms with Crippen LogP contribution < -0.4 is 10.1 Å². The molecule has 0 spiro atoms. The van der Waals surface area contributed by atoms with Crippen molar-refractivity contribution in [3.05, 3.63) is 48.4 Å². The lowest BCUT2D eigenvalue weighted by molar-refractivity contribution is 0.207. The Balaban J connectivity index is 1.77. The van der Waals surface area contributed by atoms with Gasteiger partial charge in [0.25, 0.3) is 0 Å². The van der Waals surface area contributed by atoms with Gasteiger partial charge < -0.3 is 15.0 Å². The minimum absolute atomic E-state index is 0.0886. The van der Waals surface area contributed by atoms with Crippen LogP contribution in [-0.4, -0.2) is 34.6 Å². The SMILES string of the molecule is COc1ncccc1NC(=O)N1CCC[C@H]1c1ccncc1. The summed E-state index contributed by atoms with van der Waals surface area (Å²) >= 11 is 0. The van der Waals surface area contributed by atoms with Gasteiger partial charge in [0.05, 0.1) is 13.2 Å². The van der Waals surface area contributed by atoms with Gasteiger partial charge in [-0.2, -0.15) is 0 Å². The average Bonchev–Trinajstić information content (AvgIpc) is 3.06. The van der Waals surface area contributed by atoms with Crippen molar-refractivity contribution < 1.29 is 9.53 Å². The fourth-order valence-electron chi connectivity index (χ4n) is 2.78. The van der Waals surface area contributed by atoms with Crippen LogP contribution in [0.1, 0.15) is 24.4 Å². The first-order chi connectivity index (χ1) is 10.8. The highest BCUT2D eigenvalue weighted by atomic mass is 16.5. The van der Waals surface area contributed by atoms with E-state index in [9.17, 15) is 4.79 Å². The number of aromatic nitrogens is 2. The molecule has 1 saturated heterocycles. The Kier molecular flexibility index (Phi) is 4.18. The summed E-state index contributed by atoms with van der Waals surface area (Å²) in [7, 11) is 1.54. The number of carbonyl (C=O) groups excluding carboxylic acids is 1. The van der Waals surface area contributed by atoms with E-state index in [2.05, 4.69) is 15.3 Å². The zero-order valence-corrected chi connectivity index (χ0v) is 12.4. The smallest absolute Gasteiger partial charge is 0.322 e. The van der Waals surface area contributed by atoms with Crippen LogP contribution in [0.4, 0.5) is 10.5 Å². The Labute approximate surface area is 129 Å². The van der Waals surface area contributed by atoms with Crippen LogP contribution in [0.25, 0.3) is 0 Å². The van der Waals surface area contributed by atoms with Crippen LogP contribution in [0.5, 0.6) is 5.88 Å². The highest BCUT2D eigenvalue weighted by Gasteiger charge is 2.30. The lowest BCUT2D eigenvalue weighted by atomic mass is 10.1. The Morgan fingerprint density at radius 1 is 1.32 bits per heavy atom.